The van der Waals surface area contributed by atoms with Gasteiger partial charge in [0.1, 0.15) is 0 Å². The van der Waals surface area contributed by atoms with E-state index in [-0.39, 0.29) is 0 Å². The van der Waals surface area contributed by atoms with Crippen LogP contribution >= 0.6 is 0 Å². The third kappa shape index (κ3) is 1.77. The van der Waals surface area contributed by atoms with Gasteiger partial charge < -0.3 is 5.73 Å². The molecule has 0 heterocycles. The van der Waals surface area contributed by atoms with Gasteiger partial charge in [-0.2, -0.15) is 0 Å². The summed E-state index contributed by atoms with van der Waals surface area (Å²) < 4.78 is 0. The summed E-state index contributed by atoms with van der Waals surface area (Å²) in [6, 6.07) is 15.3. The van der Waals surface area contributed by atoms with Gasteiger partial charge in [-0.1, -0.05) is 50.2 Å². The van der Waals surface area contributed by atoms with E-state index in [9.17, 15) is 0 Å². The van der Waals surface area contributed by atoms with Crippen LogP contribution in [0.25, 0.3) is 21.5 Å². The molecule has 1 aliphatic carbocycles. The van der Waals surface area contributed by atoms with Gasteiger partial charge >= 0.3 is 0 Å². The Kier molecular flexibility index (Phi) is 2.72. The first-order chi connectivity index (χ1) is 10.2. The third-order valence-electron chi connectivity index (χ3n) is 5.42. The first-order valence-electron chi connectivity index (χ1n) is 7.89. The highest BCUT2D eigenvalue weighted by atomic mass is 14.6. The second-order valence-corrected chi connectivity index (χ2v) is 6.54. The molecule has 4 rings (SSSR count). The molecule has 0 bridgehead atoms. The smallest absolute Gasteiger partial charge is 0.0400 e. The highest BCUT2D eigenvalue weighted by Gasteiger charge is 2.24. The molecule has 0 saturated heterocycles. The van der Waals surface area contributed by atoms with Crippen LogP contribution in [0.15, 0.2) is 42.5 Å². The molecule has 1 heteroatoms. The third-order valence-corrected chi connectivity index (χ3v) is 5.42. The van der Waals surface area contributed by atoms with Gasteiger partial charge in [-0.05, 0) is 58.0 Å². The average Bonchev–Trinajstić information content (AvgIpc) is 2.51. The van der Waals surface area contributed by atoms with Crippen molar-refractivity contribution in [3.05, 3.63) is 53.6 Å². The van der Waals surface area contributed by atoms with Crippen LogP contribution in [0.4, 0.5) is 5.69 Å². The van der Waals surface area contributed by atoms with Gasteiger partial charge in [0.25, 0.3) is 0 Å². The molecule has 2 unspecified atom stereocenters. The molecule has 21 heavy (non-hydrogen) atoms. The van der Waals surface area contributed by atoms with Crippen molar-refractivity contribution in [2.24, 2.45) is 5.92 Å². The Bertz CT molecular complexity index is 847. The van der Waals surface area contributed by atoms with E-state index in [4.69, 9.17) is 5.73 Å². The number of benzene rings is 3. The topological polar surface area (TPSA) is 26.0 Å². The van der Waals surface area contributed by atoms with Gasteiger partial charge in [0.15, 0.2) is 0 Å². The van der Waals surface area contributed by atoms with E-state index in [1.165, 1.54) is 45.5 Å². The summed E-state index contributed by atoms with van der Waals surface area (Å²) in [6.07, 6.45) is 2.45. The fraction of sp³-hybridized carbons (Fsp3) is 0.300. The van der Waals surface area contributed by atoms with Crippen LogP contribution in [0.5, 0.6) is 0 Å². The molecular weight excluding hydrogens is 254 g/mol. The number of hydrogen-bond acceptors (Lipinski definition) is 1. The minimum atomic E-state index is 0.644. The van der Waals surface area contributed by atoms with Gasteiger partial charge in [-0.3, -0.25) is 0 Å². The number of hydrogen-bond donors (Lipinski definition) is 1. The molecule has 3 aromatic rings. The molecule has 0 amide bonds. The second-order valence-electron chi connectivity index (χ2n) is 6.54. The summed E-state index contributed by atoms with van der Waals surface area (Å²) in [4.78, 5) is 0. The van der Waals surface area contributed by atoms with Crippen LogP contribution in [0.3, 0.4) is 0 Å². The minimum Gasteiger partial charge on any atom is -0.398 e. The van der Waals surface area contributed by atoms with Crippen molar-refractivity contribution in [2.45, 2.75) is 32.6 Å². The maximum atomic E-state index is 6.32. The first-order valence-corrected chi connectivity index (χ1v) is 7.89. The highest BCUT2D eigenvalue weighted by molar-refractivity contribution is 6.13. The lowest BCUT2D eigenvalue weighted by atomic mass is 9.75. The van der Waals surface area contributed by atoms with Crippen LogP contribution in [0.1, 0.15) is 37.3 Å². The molecule has 0 spiro atoms. The Labute approximate surface area is 125 Å². The van der Waals surface area contributed by atoms with Crippen LogP contribution in [-0.4, -0.2) is 0 Å². The summed E-state index contributed by atoms with van der Waals surface area (Å²) in [6.45, 7) is 4.73. The van der Waals surface area contributed by atoms with Gasteiger partial charge in [-0.25, -0.2) is 0 Å². The normalized spacial score (nSPS) is 21.6. The van der Waals surface area contributed by atoms with Crippen molar-refractivity contribution in [1.82, 2.24) is 0 Å². The summed E-state index contributed by atoms with van der Waals surface area (Å²) in [5.74, 6) is 1.42. The molecule has 0 aromatic heterocycles. The van der Waals surface area contributed by atoms with Crippen LogP contribution in [0.2, 0.25) is 0 Å². The Morgan fingerprint density at radius 3 is 2.43 bits per heavy atom. The predicted molar refractivity (Wildman–Crippen MR) is 91.8 cm³/mol. The van der Waals surface area contributed by atoms with E-state index >= 15 is 0 Å². The van der Waals surface area contributed by atoms with Gasteiger partial charge in [0.05, 0.1) is 0 Å². The lowest BCUT2D eigenvalue weighted by Crippen LogP contribution is -2.16. The van der Waals surface area contributed by atoms with E-state index in [1.807, 2.05) is 0 Å². The maximum absolute atomic E-state index is 6.32. The SMILES string of the molecule is CC1CCc2c(ccc3c2cc(N)c2ccccc23)C1C. The van der Waals surface area contributed by atoms with Crippen molar-refractivity contribution in [2.75, 3.05) is 5.73 Å². The number of aryl methyl sites for hydroxylation is 1. The van der Waals surface area contributed by atoms with Crippen LogP contribution < -0.4 is 5.73 Å². The lowest BCUT2D eigenvalue weighted by molar-refractivity contribution is 0.427. The van der Waals surface area contributed by atoms with Crippen molar-refractivity contribution < 1.29 is 0 Å². The molecule has 3 aromatic carbocycles. The largest absolute Gasteiger partial charge is 0.398 e. The number of nitrogen functional groups attached to an aromatic ring is 1. The molecule has 2 N–H and O–H groups in total. The Hall–Kier alpha value is -2.02. The van der Waals surface area contributed by atoms with Crippen molar-refractivity contribution in [3.8, 4) is 0 Å². The highest BCUT2D eigenvalue weighted by Crippen LogP contribution is 2.41. The zero-order valence-corrected chi connectivity index (χ0v) is 12.7. The second kappa shape index (κ2) is 4.49. The average molecular weight is 275 g/mol. The van der Waals surface area contributed by atoms with Crippen molar-refractivity contribution in [3.63, 3.8) is 0 Å². The standard InChI is InChI=1S/C20H21N/c1-12-7-8-16-14(13(12)2)9-10-17-15-5-3-4-6-18(15)20(21)11-19(16)17/h3-6,9-13H,7-8,21H2,1-2H3. The minimum absolute atomic E-state index is 0.644. The lowest BCUT2D eigenvalue weighted by Gasteiger charge is -2.30. The number of nitrogens with two attached hydrogens (primary N) is 1. The molecule has 1 nitrogen and oxygen atoms in total. The van der Waals surface area contributed by atoms with Crippen LogP contribution in [-0.2, 0) is 6.42 Å². The molecule has 0 fully saturated rings. The summed E-state index contributed by atoms with van der Waals surface area (Å²) in [5, 5.41) is 5.16. The quantitative estimate of drug-likeness (QED) is 0.439. The predicted octanol–water partition coefficient (Wildman–Crippen LogP) is 5.26. The van der Waals surface area contributed by atoms with Gasteiger partial charge in [0.2, 0.25) is 0 Å². The molecule has 106 valence electrons. The fourth-order valence-corrected chi connectivity index (χ4v) is 3.92. The molecule has 2 atom stereocenters. The van der Waals surface area contributed by atoms with Gasteiger partial charge in [0, 0.05) is 11.1 Å². The van der Waals surface area contributed by atoms with Gasteiger partial charge in [-0.15, -0.1) is 0 Å². The van der Waals surface area contributed by atoms with E-state index in [0.29, 0.717) is 5.92 Å². The first kappa shape index (κ1) is 12.7. The summed E-state index contributed by atoms with van der Waals surface area (Å²) >= 11 is 0. The molecule has 1 aliphatic rings. The number of anilines is 1. The van der Waals surface area contributed by atoms with Crippen molar-refractivity contribution in [1.29, 1.82) is 0 Å². The molecular formula is C20H21N. The Morgan fingerprint density at radius 1 is 0.905 bits per heavy atom. The van der Waals surface area contributed by atoms with E-state index in [0.717, 1.165) is 11.6 Å². The van der Waals surface area contributed by atoms with E-state index in [2.05, 4.69) is 56.3 Å². The number of rotatable bonds is 0. The summed E-state index contributed by atoms with van der Waals surface area (Å²) in [5.41, 5.74) is 10.3. The molecule has 0 saturated carbocycles. The fourth-order valence-electron chi connectivity index (χ4n) is 3.92. The molecule has 0 aliphatic heterocycles. The Balaban J connectivity index is 2.12. The van der Waals surface area contributed by atoms with Crippen molar-refractivity contribution >= 4 is 27.2 Å². The zero-order valence-electron chi connectivity index (χ0n) is 12.7. The van der Waals surface area contributed by atoms with E-state index in [1.54, 1.807) is 0 Å². The Morgan fingerprint density at radius 2 is 1.62 bits per heavy atom. The maximum Gasteiger partial charge on any atom is 0.0400 e. The zero-order chi connectivity index (χ0) is 14.6. The molecule has 0 radical (unpaired) electrons. The monoisotopic (exact) mass is 275 g/mol. The summed E-state index contributed by atoms with van der Waals surface area (Å²) in [7, 11) is 0. The van der Waals surface area contributed by atoms with Crippen LogP contribution in [0, 0.1) is 5.92 Å². The van der Waals surface area contributed by atoms with E-state index < -0.39 is 0 Å². The number of fused-ring (bicyclic) bond motifs is 5.